The third kappa shape index (κ3) is 2.83. The highest BCUT2D eigenvalue weighted by Crippen LogP contribution is 2.26. The summed E-state index contributed by atoms with van der Waals surface area (Å²) in [5.41, 5.74) is 6.52. The molecule has 0 bridgehead atoms. The Kier molecular flexibility index (Phi) is 3.89. The van der Waals surface area contributed by atoms with Gasteiger partial charge in [-0.15, -0.1) is 0 Å². The maximum absolute atomic E-state index is 12.1. The summed E-state index contributed by atoms with van der Waals surface area (Å²) in [5.74, 6) is 0.429. The molecule has 100 valence electrons. The van der Waals surface area contributed by atoms with E-state index in [1.54, 1.807) is 17.9 Å². The van der Waals surface area contributed by atoms with Crippen LogP contribution in [0, 0.1) is 5.92 Å². The largest absolute Gasteiger partial charge is 0.396 e. The molecule has 1 amide bonds. The molecule has 1 saturated carbocycles. The Balaban J connectivity index is 1.96. The van der Waals surface area contributed by atoms with E-state index in [2.05, 4.69) is 17.3 Å². The van der Waals surface area contributed by atoms with Gasteiger partial charge in [0.1, 0.15) is 0 Å². The van der Waals surface area contributed by atoms with Gasteiger partial charge in [0.25, 0.3) is 5.91 Å². The standard InChI is InChI=1S/C13H22N4O/c1-9(10-6-4-3-5-7-10)15-13(18)12-11(14)8-17(2)16-12/h8-10H,3-7,14H2,1-2H3,(H,15,18). The monoisotopic (exact) mass is 250 g/mol. The number of nitrogens with one attached hydrogen (secondary N) is 1. The zero-order valence-electron chi connectivity index (χ0n) is 11.1. The second-order valence-electron chi connectivity index (χ2n) is 5.27. The minimum absolute atomic E-state index is 0.161. The lowest BCUT2D eigenvalue weighted by molar-refractivity contribution is 0.0914. The molecule has 5 heteroatoms. The molecule has 1 atom stereocenters. The van der Waals surface area contributed by atoms with Crippen LogP contribution >= 0.6 is 0 Å². The Morgan fingerprint density at radius 1 is 1.50 bits per heavy atom. The van der Waals surface area contributed by atoms with Gasteiger partial charge in [0.15, 0.2) is 5.69 Å². The predicted octanol–water partition coefficient (Wildman–Crippen LogP) is 1.70. The molecular weight excluding hydrogens is 228 g/mol. The summed E-state index contributed by atoms with van der Waals surface area (Å²) in [4.78, 5) is 12.1. The highest BCUT2D eigenvalue weighted by molar-refractivity contribution is 5.97. The van der Waals surface area contributed by atoms with Crippen molar-refractivity contribution in [2.75, 3.05) is 5.73 Å². The van der Waals surface area contributed by atoms with Gasteiger partial charge in [0.05, 0.1) is 5.69 Å². The first-order valence-electron chi connectivity index (χ1n) is 6.68. The first-order chi connectivity index (χ1) is 8.58. The van der Waals surface area contributed by atoms with Gasteiger partial charge in [0, 0.05) is 19.3 Å². The molecule has 0 spiro atoms. The highest BCUT2D eigenvalue weighted by Gasteiger charge is 2.23. The molecule has 5 nitrogen and oxygen atoms in total. The summed E-state index contributed by atoms with van der Waals surface area (Å²) in [6, 6.07) is 0.194. The number of nitrogen functional groups attached to an aromatic ring is 1. The van der Waals surface area contributed by atoms with Gasteiger partial charge in [-0.2, -0.15) is 5.10 Å². The molecule has 1 fully saturated rings. The molecule has 1 aliphatic carbocycles. The van der Waals surface area contributed by atoms with E-state index in [0.29, 0.717) is 17.3 Å². The molecular formula is C13H22N4O. The van der Waals surface area contributed by atoms with Crippen LogP contribution in [0.3, 0.4) is 0 Å². The van der Waals surface area contributed by atoms with Crippen LogP contribution in [0.1, 0.15) is 49.5 Å². The minimum atomic E-state index is -0.161. The molecule has 0 saturated heterocycles. The number of aromatic nitrogens is 2. The zero-order valence-corrected chi connectivity index (χ0v) is 11.1. The molecule has 1 heterocycles. The molecule has 0 aliphatic heterocycles. The van der Waals surface area contributed by atoms with Gasteiger partial charge < -0.3 is 11.1 Å². The Bertz CT molecular complexity index is 421. The van der Waals surface area contributed by atoms with E-state index in [4.69, 9.17) is 5.73 Å². The Morgan fingerprint density at radius 3 is 2.72 bits per heavy atom. The van der Waals surface area contributed by atoms with Gasteiger partial charge in [-0.3, -0.25) is 9.48 Å². The van der Waals surface area contributed by atoms with Crippen molar-refractivity contribution < 1.29 is 4.79 Å². The van der Waals surface area contributed by atoms with Crippen molar-refractivity contribution in [2.45, 2.75) is 45.1 Å². The van der Waals surface area contributed by atoms with E-state index in [1.807, 2.05) is 0 Å². The van der Waals surface area contributed by atoms with Crippen LogP contribution in [0.25, 0.3) is 0 Å². The molecule has 2 rings (SSSR count). The lowest BCUT2D eigenvalue weighted by atomic mass is 9.84. The Hall–Kier alpha value is -1.52. The van der Waals surface area contributed by atoms with Crippen LogP contribution in [0.4, 0.5) is 5.69 Å². The predicted molar refractivity (Wildman–Crippen MR) is 71.1 cm³/mol. The second kappa shape index (κ2) is 5.42. The smallest absolute Gasteiger partial charge is 0.274 e. The summed E-state index contributed by atoms with van der Waals surface area (Å²) < 4.78 is 1.57. The van der Waals surface area contributed by atoms with Crippen LogP contribution in [-0.4, -0.2) is 21.7 Å². The van der Waals surface area contributed by atoms with E-state index >= 15 is 0 Å². The van der Waals surface area contributed by atoms with Crippen LogP contribution < -0.4 is 11.1 Å². The normalized spacial score (nSPS) is 18.6. The van der Waals surface area contributed by atoms with Gasteiger partial charge >= 0.3 is 0 Å². The van der Waals surface area contributed by atoms with Crippen LogP contribution in [0.5, 0.6) is 0 Å². The second-order valence-corrected chi connectivity index (χ2v) is 5.27. The third-order valence-electron chi connectivity index (χ3n) is 3.79. The van der Waals surface area contributed by atoms with Crippen molar-refractivity contribution >= 4 is 11.6 Å². The number of nitrogens with zero attached hydrogens (tertiary/aromatic N) is 2. The maximum atomic E-state index is 12.1. The molecule has 1 aromatic rings. The molecule has 0 aromatic carbocycles. The van der Waals surface area contributed by atoms with E-state index in [1.165, 1.54) is 32.1 Å². The SMILES string of the molecule is CC(NC(=O)c1nn(C)cc1N)C1CCCCC1. The van der Waals surface area contributed by atoms with Gasteiger partial charge in [-0.1, -0.05) is 19.3 Å². The van der Waals surface area contributed by atoms with E-state index < -0.39 is 0 Å². The lowest BCUT2D eigenvalue weighted by Crippen LogP contribution is -2.39. The average molecular weight is 250 g/mol. The first kappa shape index (κ1) is 12.9. The zero-order chi connectivity index (χ0) is 13.1. The van der Waals surface area contributed by atoms with Crippen LogP contribution in [-0.2, 0) is 7.05 Å². The summed E-state index contributed by atoms with van der Waals surface area (Å²) in [7, 11) is 1.76. The lowest BCUT2D eigenvalue weighted by Gasteiger charge is -2.28. The average Bonchev–Trinajstić information content (AvgIpc) is 2.69. The first-order valence-corrected chi connectivity index (χ1v) is 6.68. The number of hydrogen-bond donors (Lipinski definition) is 2. The number of anilines is 1. The maximum Gasteiger partial charge on any atom is 0.274 e. The molecule has 3 N–H and O–H groups in total. The van der Waals surface area contributed by atoms with Crippen molar-refractivity contribution in [1.82, 2.24) is 15.1 Å². The van der Waals surface area contributed by atoms with Crippen molar-refractivity contribution in [1.29, 1.82) is 0 Å². The van der Waals surface area contributed by atoms with Crippen LogP contribution in [0.15, 0.2) is 6.20 Å². The van der Waals surface area contributed by atoms with Crippen molar-refractivity contribution in [3.8, 4) is 0 Å². The number of nitrogens with two attached hydrogens (primary N) is 1. The van der Waals surface area contributed by atoms with Gasteiger partial charge in [0.2, 0.25) is 0 Å². The quantitative estimate of drug-likeness (QED) is 0.857. The Labute approximate surface area is 108 Å². The minimum Gasteiger partial charge on any atom is -0.396 e. The molecule has 0 radical (unpaired) electrons. The number of aryl methyl sites for hydroxylation is 1. The Morgan fingerprint density at radius 2 is 2.17 bits per heavy atom. The topological polar surface area (TPSA) is 72.9 Å². The number of carbonyl (C=O) groups excluding carboxylic acids is 1. The summed E-state index contributed by atoms with van der Waals surface area (Å²) in [6.45, 7) is 2.08. The highest BCUT2D eigenvalue weighted by atomic mass is 16.2. The summed E-state index contributed by atoms with van der Waals surface area (Å²) in [5, 5.41) is 7.11. The van der Waals surface area contributed by atoms with Crippen LogP contribution in [0.2, 0.25) is 0 Å². The third-order valence-corrected chi connectivity index (χ3v) is 3.79. The van der Waals surface area contributed by atoms with E-state index in [9.17, 15) is 4.79 Å². The fraction of sp³-hybridized carbons (Fsp3) is 0.692. The number of hydrogen-bond acceptors (Lipinski definition) is 3. The fourth-order valence-electron chi connectivity index (χ4n) is 2.71. The number of carbonyl (C=O) groups is 1. The van der Waals surface area contributed by atoms with Crippen molar-refractivity contribution in [3.05, 3.63) is 11.9 Å². The number of amides is 1. The molecule has 1 aliphatic rings. The van der Waals surface area contributed by atoms with E-state index in [-0.39, 0.29) is 11.9 Å². The molecule has 1 aromatic heterocycles. The van der Waals surface area contributed by atoms with Gasteiger partial charge in [-0.25, -0.2) is 0 Å². The fourth-order valence-corrected chi connectivity index (χ4v) is 2.71. The number of rotatable bonds is 3. The summed E-state index contributed by atoms with van der Waals surface area (Å²) >= 11 is 0. The summed E-state index contributed by atoms with van der Waals surface area (Å²) in [6.07, 6.45) is 7.94. The van der Waals surface area contributed by atoms with Crippen molar-refractivity contribution in [2.24, 2.45) is 13.0 Å². The molecule has 1 unspecified atom stereocenters. The van der Waals surface area contributed by atoms with Gasteiger partial charge in [-0.05, 0) is 25.7 Å². The van der Waals surface area contributed by atoms with Crippen molar-refractivity contribution in [3.63, 3.8) is 0 Å². The van der Waals surface area contributed by atoms with E-state index in [0.717, 1.165) is 0 Å². The molecule has 18 heavy (non-hydrogen) atoms.